The standard InChI is InChI=1S/C9H8FNO4/c1-5(9(12)13)7-3-2-6(11(14)15)4-8(7)10/h2-5H,1H3,(H,12,13)/t5-/m1/s1. The molecule has 1 rings (SSSR count). The highest BCUT2D eigenvalue weighted by atomic mass is 19.1. The first kappa shape index (κ1) is 11.1. The molecule has 5 nitrogen and oxygen atoms in total. The quantitative estimate of drug-likeness (QED) is 0.614. The molecule has 1 aromatic rings. The van der Waals surface area contributed by atoms with Gasteiger partial charge in [-0.25, -0.2) is 4.39 Å². The Labute approximate surface area is 84.3 Å². The van der Waals surface area contributed by atoms with Crippen molar-refractivity contribution < 1.29 is 19.2 Å². The molecule has 0 spiro atoms. The Morgan fingerprint density at radius 1 is 1.60 bits per heavy atom. The first-order valence-electron chi connectivity index (χ1n) is 4.10. The maximum atomic E-state index is 13.3. The van der Waals surface area contributed by atoms with E-state index in [1.807, 2.05) is 0 Å². The van der Waals surface area contributed by atoms with Crippen molar-refractivity contribution in [1.29, 1.82) is 0 Å². The Hall–Kier alpha value is -1.98. The van der Waals surface area contributed by atoms with Crippen LogP contribution in [0.25, 0.3) is 0 Å². The van der Waals surface area contributed by atoms with E-state index in [0.29, 0.717) is 0 Å². The van der Waals surface area contributed by atoms with Crippen LogP contribution in [0.5, 0.6) is 0 Å². The van der Waals surface area contributed by atoms with Crippen molar-refractivity contribution in [1.82, 2.24) is 0 Å². The summed E-state index contributed by atoms with van der Waals surface area (Å²) in [5, 5.41) is 18.9. The molecule has 1 atom stereocenters. The van der Waals surface area contributed by atoms with E-state index < -0.39 is 28.3 Å². The van der Waals surface area contributed by atoms with Gasteiger partial charge in [0.05, 0.1) is 16.9 Å². The zero-order valence-corrected chi connectivity index (χ0v) is 7.81. The van der Waals surface area contributed by atoms with E-state index in [4.69, 9.17) is 5.11 Å². The van der Waals surface area contributed by atoms with Gasteiger partial charge in [0.25, 0.3) is 5.69 Å². The number of nitrogens with zero attached hydrogens (tertiary/aromatic N) is 1. The van der Waals surface area contributed by atoms with Gasteiger partial charge in [0.1, 0.15) is 5.82 Å². The molecule has 1 aromatic carbocycles. The number of carboxylic acid groups (broad SMARTS) is 1. The number of hydrogen-bond donors (Lipinski definition) is 1. The van der Waals surface area contributed by atoms with E-state index >= 15 is 0 Å². The minimum atomic E-state index is -1.18. The summed E-state index contributed by atoms with van der Waals surface area (Å²) in [6.07, 6.45) is 0. The summed E-state index contributed by atoms with van der Waals surface area (Å²) in [6.45, 7) is 1.31. The second kappa shape index (κ2) is 4.04. The van der Waals surface area contributed by atoms with Crippen LogP contribution in [-0.2, 0) is 4.79 Å². The molecule has 0 fully saturated rings. The molecule has 0 unspecified atom stereocenters. The van der Waals surface area contributed by atoms with Gasteiger partial charge in [-0.1, -0.05) is 0 Å². The lowest BCUT2D eigenvalue weighted by molar-refractivity contribution is -0.385. The summed E-state index contributed by atoms with van der Waals surface area (Å²) in [4.78, 5) is 20.1. The Kier molecular flexibility index (Phi) is 2.99. The monoisotopic (exact) mass is 213 g/mol. The van der Waals surface area contributed by atoms with E-state index in [9.17, 15) is 19.3 Å². The van der Waals surface area contributed by atoms with Crippen molar-refractivity contribution >= 4 is 11.7 Å². The lowest BCUT2D eigenvalue weighted by atomic mass is 10.0. The van der Waals surface area contributed by atoms with Crippen LogP contribution < -0.4 is 0 Å². The van der Waals surface area contributed by atoms with Gasteiger partial charge < -0.3 is 5.11 Å². The number of nitro benzene ring substituents is 1. The minimum absolute atomic E-state index is 0.0619. The van der Waals surface area contributed by atoms with Gasteiger partial charge in [0, 0.05) is 11.6 Å². The summed E-state index contributed by atoms with van der Waals surface area (Å²) >= 11 is 0. The number of carbonyl (C=O) groups is 1. The zero-order chi connectivity index (χ0) is 11.6. The number of hydrogen-bond acceptors (Lipinski definition) is 3. The molecule has 1 N–H and O–H groups in total. The summed E-state index contributed by atoms with van der Waals surface area (Å²) in [7, 11) is 0. The molecular formula is C9H8FNO4. The maximum absolute atomic E-state index is 13.3. The number of carboxylic acids is 1. The van der Waals surface area contributed by atoms with Crippen molar-refractivity contribution in [2.24, 2.45) is 0 Å². The van der Waals surface area contributed by atoms with Gasteiger partial charge >= 0.3 is 5.97 Å². The largest absolute Gasteiger partial charge is 0.481 e. The number of rotatable bonds is 3. The highest BCUT2D eigenvalue weighted by molar-refractivity contribution is 5.75. The molecule has 0 heterocycles. The lowest BCUT2D eigenvalue weighted by Crippen LogP contribution is -2.09. The summed E-state index contributed by atoms with van der Waals surface area (Å²) < 4.78 is 13.3. The van der Waals surface area contributed by atoms with Crippen LogP contribution in [-0.4, -0.2) is 16.0 Å². The molecule has 0 saturated carbocycles. The first-order valence-corrected chi connectivity index (χ1v) is 4.10. The fourth-order valence-electron chi connectivity index (χ4n) is 1.11. The van der Waals surface area contributed by atoms with Crippen LogP contribution in [0, 0.1) is 15.9 Å². The van der Waals surface area contributed by atoms with Gasteiger partial charge in [-0.2, -0.15) is 0 Å². The van der Waals surface area contributed by atoms with Crippen molar-refractivity contribution in [3.05, 3.63) is 39.7 Å². The van der Waals surface area contributed by atoms with Crippen molar-refractivity contribution in [3.63, 3.8) is 0 Å². The normalized spacial score (nSPS) is 12.1. The number of non-ortho nitro benzene ring substituents is 1. The summed E-state index contributed by atoms with van der Waals surface area (Å²) in [5.41, 5.74) is -0.457. The van der Waals surface area contributed by atoms with Crippen LogP contribution in [0.15, 0.2) is 18.2 Å². The van der Waals surface area contributed by atoms with Gasteiger partial charge in [0.2, 0.25) is 0 Å². The third-order valence-electron chi connectivity index (χ3n) is 2.03. The van der Waals surface area contributed by atoms with Crippen LogP contribution in [0.1, 0.15) is 18.4 Å². The topological polar surface area (TPSA) is 80.4 Å². The molecular weight excluding hydrogens is 205 g/mol. The van der Waals surface area contributed by atoms with Crippen LogP contribution in [0.2, 0.25) is 0 Å². The molecule has 0 aliphatic carbocycles. The molecule has 6 heteroatoms. The zero-order valence-electron chi connectivity index (χ0n) is 7.81. The molecule has 80 valence electrons. The predicted octanol–water partition coefficient (Wildman–Crippen LogP) is 1.92. The van der Waals surface area contributed by atoms with Gasteiger partial charge in [0.15, 0.2) is 0 Å². The van der Waals surface area contributed by atoms with E-state index in [-0.39, 0.29) is 5.56 Å². The Bertz CT molecular complexity index is 419. The van der Waals surface area contributed by atoms with Gasteiger partial charge in [-0.05, 0) is 13.0 Å². The summed E-state index contributed by atoms with van der Waals surface area (Å²) in [6, 6.07) is 2.92. The number of halogens is 1. The average molecular weight is 213 g/mol. The second-order valence-electron chi connectivity index (χ2n) is 3.02. The van der Waals surface area contributed by atoms with E-state index in [2.05, 4.69) is 0 Å². The van der Waals surface area contributed by atoms with Crippen LogP contribution in [0.4, 0.5) is 10.1 Å². The van der Waals surface area contributed by atoms with Gasteiger partial charge in [-0.15, -0.1) is 0 Å². The molecule has 15 heavy (non-hydrogen) atoms. The average Bonchev–Trinajstić information content (AvgIpc) is 2.16. The number of benzene rings is 1. The van der Waals surface area contributed by atoms with E-state index in [1.54, 1.807) is 0 Å². The van der Waals surface area contributed by atoms with Crippen LogP contribution in [0.3, 0.4) is 0 Å². The van der Waals surface area contributed by atoms with E-state index in [0.717, 1.165) is 18.2 Å². The highest BCUT2D eigenvalue weighted by Gasteiger charge is 2.19. The SMILES string of the molecule is C[C@@H](C(=O)O)c1ccc([N+](=O)[O-])cc1F. The van der Waals surface area contributed by atoms with E-state index in [1.165, 1.54) is 6.92 Å². The molecule has 0 bridgehead atoms. The van der Waals surface area contributed by atoms with Crippen molar-refractivity contribution in [3.8, 4) is 0 Å². The number of nitro groups is 1. The molecule has 0 radical (unpaired) electrons. The van der Waals surface area contributed by atoms with Crippen molar-refractivity contribution in [2.75, 3.05) is 0 Å². The third kappa shape index (κ3) is 2.28. The first-order chi connectivity index (χ1) is 6.93. The Balaban J connectivity index is 3.13. The molecule has 0 aliphatic heterocycles. The molecule has 0 aliphatic rings. The highest BCUT2D eigenvalue weighted by Crippen LogP contribution is 2.23. The van der Waals surface area contributed by atoms with Gasteiger partial charge in [-0.3, -0.25) is 14.9 Å². The maximum Gasteiger partial charge on any atom is 0.310 e. The second-order valence-corrected chi connectivity index (χ2v) is 3.02. The fraction of sp³-hybridized carbons (Fsp3) is 0.222. The lowest BCUT2D eigenvalue weighted by Gasteiger charge is -2.06. The molecule has 0 saturated heterocycles. The number of aliphatic carboxylic acids is 1. The Morgan fingerprint density at radius 2 is 2.20 bits per heavy atom. The third-order valence-corrected chi connectivity index (χ3v) is 2.03. The van der Waals surface area contributed by atoms with Crippen LogP contribution >= 0.6 is 0 Å². The molecule has 0 amide bonds. The minimum Gasteiger partial charge on any atom is -0.481 e. The van der Waals surface area contributed by atoms with Crippen molar-refractivity contribution in [2.45, 2.75) is 12.8 Å². The Morgan fingerprint density at radius 3 is 2.60 bits per heavy atom. The fourth-order valence-corrected chi connectivity index (χ4v) is 1.11. The molecule has 0 aromatic heterocycles. The smallest absolute Gasteiger partial charge is 0.310 e. The summed E-state index contributed by atoms with van der Waals surface area (Å²) in [5.74, 6) is -3.08. The predicted molar refractivity (Wildman–Crippen MR) is 49.1 cm³/mol.